The van der Waals surface area contributed by atoms with Gasteiger partial charge in [-0.2, -0.15) is 0 Å². The number of carbonyl (C=O) groups excluding carboxylic acids is 1. The van der Waals surface area contributed by atoms with Crippen molar-refractivity contribution in [1.82, 2.24) is 0 Å². The highest BCUT2D eigenvalue weighted by atomic mass is 35.5. The van der Waals surface area contributed by atoms with Crippen LogP contribution in [-0.4, -0.2) is 14.2 Å². The smallest absolute Gasteiger partial charge is 0.270 e. The van der Waals surface area contributed by atoms with E-state index in [1.807, 2.05) is 31.2 Å². The second kappa shape index (κ2) is 7.67. The van der Waals surface area contributed by atoms with Crippen molar-refractivity contribution in [2.45, 2.75) is 13.5 Å². The number of anilines is 2. The summed E-state index contributed by atoms with van der Waals surface area (Å²) >= 11 is 7.21. The lowest BCUT2D eigenvalue weighted by atomic mass is 10.1. The van der Waals surface area contributed by atoms with Crippen LogP contribution in [0.2, 0.25) is 5.02 Å². The van der Waals surface area contributed by atoms with Gasteiger partial charge in [0, 0.05) is 16.9 Å². The molecule has 8 heteroatoms. The van der Waals surface area contributed by atoms with Gasteiger partial charge in [0.1, 0.15) is 4.88 Å². The van der Waals surface area contributed by atoms with E-state index in [0.29, 0.717) is 21.3 Å². The van der Waals surface area contributed by atoms with Gasteiger partial charge in [-0.25, -0.2) is 8.42 Å². The van der Waals surface area contributed by atoms with E-state index < -0.39 is 15.8 Å². The number of aryl methyl sites for hydroxylation is 1. The molecule has 4 rings (SSSR count). The van der Waals surface area contributed by atoms with Gasteiger partial charge in [-0.05, 0) is 42.1 Å². The number of halogens is 1. The minimum absolute atomic E-state index is 0.147. The maximum atomic E-state index is 13.3. The van der Waals surface area contributed by atoms with Crippen LogP contribution >= 0.6 is 22.9 Å². The molecule has 0 amide bonds. The van der Waals surface area contributed by atoms with Crippen molar-refractivity contribution in [3.63, 3.8) is 0 Å². The fourth-order valence-corrected chi connectivity index (χ4v) is 5.72. The predicted octanol–water partition coefficient (Wildman–Crippen LogP) is 5.20. The summed E-state index contributed by atoms with van der Waals surface area (Å²) in [6.45, 7) is 2.12. The van der Waals surface area contributed by atoms with Crippen LogP contribution in [0.25, 0.3) is 0 Å². The highest BCUT2D eigenvalue weighted by Crippen LogP contribution is 2.39. The number of hydrogen-bond acceptors (Lipinski definition) is 5. The van der Waals surface area contributed by atoms with Crippen molar-refractivity contribution in [3.8, 4) is 0 Å². The van der Waals surface area contributed by atoms with E-state index in [9.17, 15) is 13.2 Å². The Morgan fingerprint density at radius 3 is 2.62 bits per heavy atom. The fourth-order valence-electron chi connectivity index (χ4n) is 3.04. The highest BCUT2D eigenvalue weighted by molar-refractivity contribution is 7.97. The van der Waals surface area contributed by atoms with Crippen molar-refractivity contribution in [2.75, 3.05) is 9.62 Å². The quantitative estimate of drug-likeness (QED) is 0.562. The third kappa shape index (κ3) is 3.81. The van der Waals surface area contributed by atoms with Gasteiger partial charge in [0.05, 0.1) is 12.2 Å². The Balaban J connectivity index is 1.74. The van der Waals surface area contributed by atoms with Crippen LogP contribution in [0.1, 0.15) is 20.8 Å². The molecular weight excluding hydrogens is 428 g/mol. The van der Waals surface area contributed by atoms with Crippen LogP contribution in [-0.2, 0) is 16.6 Å². The first kappa shape index (κ1) is 19.7. The number of nitrogens with zero attached hydrogens (tertiary/aromatic N) is 1. The van der Waals surface area contributed by atoms with Crippen LogP contribution in [0.5, 0.6) is 0 Å². The molecule has 1 aliphatic heterocycles. The summed E-state index contributed by atoms with van der Waals surface area (Å²) in [5.41, 5.74) is 2.94. The van der Waals surface area contributed by atoms with E-state index in [4.69, 9.17) is 11.6 Å². The Hall–Kier alpha value is -2.61. The standard InChI is InChI=1S/C21H17ClN2O3S2/c1-14-5-7-15(8-6-14)13-24-18-9-10-28-21(18)20(25)19(29(24,26)27)12-23-17-4-2-3-16(22)11-17/h2-12,23H,13H2,1H3/b19-12-. The van der Waals surface area contributed by atoms with E-state index in [-0.39, 0.29) is 11.4 Å². The molecule has 2 aromatic carbocycles. The normalized spacial score (nSPS) is 16.7. The van der Waals surface area contributed by atoms with Gasteiger partial charge >= 0.3 is 0 Å². The largest absolute Gasteiger partial charge is 0.360 e. The molecule has 29 heavy (non-hydrogen) atoms. The number of carbonyl (C=O) groups is 1. The number of benzene rings is 2. The lowest BCUT2D eigenvalue weighted by Crippen LogP contribution is -2.38. The number of rotatable bonds is 4. The summed E-state index contributed by atoms with van der Waals surface area (Å²) in [5.74, 6) is -0.510. The van der Waals surface area contributed by atoms with E-state index in [1.54, 1.807) is 35.7 Å². The minimum Gasteiger partial charge on any atom is -0.360 e. The SMILES string of the molecule is Cc1ccc(CN2c3ccsc3C(=O)/C(=C/Nc3cccc(Cl)c3)S2(=O)=O)cc1. The molecule has 0 radical (unpaired) electrons. The van der Waals surface area contributed by atoms with Crippen LogP contribution in [0, 0.1) is 6.92 Å². The fraction of sp³-hybridized carbons (Fsp3) is 0.0952. The third-order valence-corrected chi connectivity index (χ3v) is 7.46. The second-order valence-electron chi connectivity index (χ2n) is 6.62. The molecule has 0 fully saturated rings. The van der Waals surface area contributed by atoms with Crippen molar-refractivity contribution >= 4 is 50.1 Å². The molecule has 148 valence electrons. The number of thiophene rings is 1. The van der Waals surface area contributed by atoms with Gasteiger partial charge in [-0.1, -0.05) is 47.5 Å². The number of allylic oxidation sites excluding steroid dienone is 1. The molecule has 0 unspecified atom stereocenters. The summed E-state index contributed by atoms with van der Waals surface area (Å²) in [6.07, 6.45) is 1.24. The second-order valence-corrected chi connectivity index (χ2v) is 9.81. The first-order valence-corrected chi connectivity index (χ1v) is 11.5. The Morgan fingerprint density at radius 2 is 1.90 bits per heavy atom. The molecule has 0 saturated carbocycles. The lowest BCUT2D eigenvalue weighted by molar-refractivity contribution is 0.104. The monoisotopic (exact) mass is 444 g/mol. The maximum Gasteiger partial charge on any atom is 0.270 e. The Kier molecular flexibility index (Phi) is 5.21. The van der Waals surface area contributed by atoms with E-state index in [1.165, 1.54) is 21.8 Å². The van der Waals surface area contributed by atoms with Gasteiger partial charge in [0.15, 0.2) is 4.91 Å². The van der Waals surface area contributed by atoms with Crippen molar-refractivity contribution in [1.29, 1.82) is 0 Å². The third-order valence-electron chi connectivity index (χ3n) is 4.55. The van der Waals surface area contributed by atoms with E-state index >= 15 is 0 Å². The molecule has 5 nitrogen and oxygen atoms in total. The Labute approximate surface area is 178 Å². The van der Waals surface area contributed by atoms with Crippen molar-refractivity contribution < 1.29 is 13.2 Å². The van der Waals surface area contributed by atoms with Crippen LogP contribution in [0.15, 0.2) is 71.1 Å². The van der Waals surface area contributed by atoms with Gasteiger partial charge in [0.25, 0.3) is 10.0 Å². The number of hydrogen-bond donors (Lipinski definition) is 1. The molecule has 0 atom stereocenters. The molecule has 0 bridgehead atoms. The van der Waals surface area contributed by atoms with Gasteiger partial charge in [-0.3, -0.25) is 9.10 Å². The molecule has 1 N–H and O–H groups in total. The van der Waals surface area contributed by atoms with Gasteiger partial charge in [0.2, 0.25) is 5.78 Å². The molecule has 2 heterocycles. The molecule has 1 aliphatic rings. The average molecular weight is 445 g/mol. The number of ketones is 1. The summed E-state index contributed by atoms with van der Waals surface area (Å²) in [7, 11) is -4.03. The average Bonchev–Trinajstić information content (AvgIpc) is 3.16. The molecule has 0 saturated heterocycles. The zero-order chi connectivity index (χ0) is 20.6. The highest BCUT2D eigenvalue weighted by Gasteiger charge is 2.41. The number of nitrogens with one attached hydrogen (secondary N) is 1. The number of fused-ring (bicyclic) bond motifs is 1. The zero-order valence-electron chi connectivity index (χ0n) is 15.4. The van der Waals surface area contributed by atoms with E-state index in [2.05, 4.69) is 5.32 Å². The van der Waals surface area contributed by atoms with Crippen LogP contribution in [0.3, 0.4) is 0 Å². The Morgan fingerprint density at radius 1 is 1.14 bits per heavy atom. The van der Waals surface area contributed by atoms with Crippen molar-refractivity contribution in [3.05, 3.63) is 92.1 Å². The predicted molar refractivity (Wildman–Crippen MR) is 118 cm³/mol. The first-order chi connectivity index (χ1) is 13.9. The van der Waals surface area contributed by atoms with Gasteiger partial charge < -0.3 is 5.32 Å². The summed E-state index contributed by atoms with van der Waals surface area (Å²) < 4.78 is 27.9. The first-order valence-electron chi connectivity index (χ1n) is 8.79. The summed E-state index contributed by atoms with van der Waals surface area (Å²) in [6, 6.07) is 16.2. The minimum atomic E-state index is -4.03. The van der Waals surface area contributed by atoms with Crippen LogP contribution < -0.4 is 9.62 Å². The summed E-state index contributed by atoms with van der Waals surface area (Å²) in [5, 5.41) is 5.12. The molecule has 0 aliphatic carbocycles. The molecule has 0 spiro atoms. The number of Topliss-reactive ketones (excluding diaryl/α,β-unsaturated/α-hetero) is 1. The topological polar surface area (TPSA) is 66.5 Å². The van der Waals surface area contributed by atoms with Crippen LogP contribution in [0.4, 0.5) is 11.4 Å². The molecular formula is C21H17ClN2O3S2. The Bertz CT molecular complexity index is 1210. The maximum absolute atomic E-state index is 13.3. The summed E-state index contributed by atoms with van der Waals surface area (Å²) in [4.78, 5) is 13.0. The molecule has 1 aromatic heterocycles. The van der Waals surface area contributed by atoms with Gasteiger partial charge in [-0.15, -0.1) is 11.3 Å². The zero-order valence-corrected chi connectivity index (χ0v) is 17.8. The van der Waals surface area contributed by atoms with E-state index in [0.717, 1.165) is 11.1 Å². The molecule has 3 aromatic rings. The van der Waals surface area contributed by atoms with Crippen molar-refractivity contribution in [2.24, 2.45) is 0 Å². The lowest BCUT2D eigenvalue weighted by Gasteiger charge is -2.29. The number of sulfonamides is 1.